The van der Waals surface area contributed by atoms with E-state index in [0.717, 1.165) is 16.7 Å². The van der Waals surface area contributed by atoms with Gasteiger partial charge in [-0.3, -0.25) is 9.59 Å². The van der Waals surface area contributed by atoms with E-state index in [1.54, 1.807) is 36.4 Å². The Morgan fingerprint density at radius 3 is 2.13 bits per heavy atom. The van der Waals surface area contributed by atoms with Crippen molar-refractivity contribution in [3.8, 4) is 0 Å². The highest BCUT2D eigenvalue weighted by Crippen LogP contribution is 2.57. The van der Waals surface area contributed by atoms with Gasteiger partial charge >= 0.3 is 0 Å². The van der Waals surface area contributed by atoms with Gasteiger partial charge in [0.2, 0.25) is 15.9 Å². The summed E-state index contributed by atoms with van der Waals surface area (Å²) in [4.78, 5) is 25.8. The van der Waals surface area contributed by atoms with Gasteiger partial charge in [-0.15, -0.1) is 0 Å². The molecule has 2 saturated heterocycles. The Hall–Kier alpha value is -3.37. The summed E-state index contributed by atoms with van der Waals surface area (Å²) < 4.78 is 36.5. The molecule has 39 heavy (non-hydrogen) atoms. The van der Waals surface area contributed by atoms with Crippen LogP contribution in [0.25, 0.3) is 0 Å². The number of rotatable bonds is 8. The average molecular weight is 558 g/mol. The third-order valence-corrected chi connectivity index (χ3v) is 12.3. The van der Waals surface area contributed by atoms with E-state index in [2.05, 4.69) is 5.32 Å². The molecule has 2 heterocycles. The Morgan fingerprint density at radius 1 is 0.949 bits per heavy atom. The zero-order valence-electron chi connectivity index (χ0n) is 21.3. The van der Waals surface area contributed by atoms with Crippen molar-refractivity contribution in [1.29, 1.82) is 0 Å². The number of nitrogens with zero attached hydrogens (tertiary/aromatic N) is 1. The molecule has 3 aromatic rings. The molecular formula is C30H29N2O5SSi. The summed E-state index contributed by atoms with van der Waals surface area (Å²) in [5, 5.41) is 5.07. The molecule has 9 heteroatoms. The van der Waals surface area contributed by atoms with E-state index in [1.165, 1.54) is 4.31 Å². The zero-order valence-corrected chi connectivity index (χ0v) is 23.1. The Bertz CT molecular complexity index is 1460. The fourth-order valence-corrected chi connectivity index (χ4v) is 10.4. The van der Waals surface area contributed by atoms with E-state index < -0.39 is 36.6 Å². The molecule has 1 aliphatic carbocycles. The van der Waals surface area contributed by atoms with E-state index in [9.17, 15) is 18.0 Å². The van der Waals surface area contributed by atoms with Crippen LogP contribution in [0.3, 0.4) is 0 Å². The third-order valence-electron chi connectivity index (χ3n) is 8.20. The van der Waals surface area contributed by atoms with E-state index >= 15 is 0 Å². The number of nitrogens with one attached hydrogen (secondary N) is 1. The second kappa shape index (κ2) is 10.3. The van der Waals surface area contributed by atoms with Crippen LogP contribution in [0.5, 0.6) is 0 Å². The van der Waals surface area contributed by atoms with Gasteiger partial charge < -0.3 is 9.74 Å². The minimum atomic E-state index is -4.01. The van der Waals surface area contributed by atoms with Crippen molar-refractivity contribution < 1.29 is 22.4 Å². The molecule has 0 bridgehead atoms. The summed E-state index contributed by atoms with van der Waals surface area (Å²) in [7, 11) is -5.70. The highest BCUT2D eigenvalue weighted by molar-refractivity contribution is 7.89. The van der Waals surface area contributed by atoms with Crippen LogP contribution in [0.15, 0.2) is 108 Å². The number of allylic oxidation sites excluding steroid dienone is 1. The summed E-state index contributed by atoms with van der Waals surface area (Å²) in [5.74, 6) is -0.510. The van der Waals surface area contributed by atoms with Gasteiger partial charge in [-0.25, -0.2) is 8.42 Å². The molecule has 7 nitrogen and oxygen atoms in total. The van der Waals surface area contributed by atoms with Gasteiger partial charge in [0, 0.05) is 18.5 Å². The molecule has 3 aromatic carbocycles. The minimum Gasteiger partial charge on any atom is -0.406 e. The molecule has 2 fully saturated rings. The first-order chi connectivity index (χ1) is 19.0. The second-order valence-electron chi connectivity index (χ2n) is 10.2. The molecule has 1 spiro atoms. The number of piperidine rings is 1. The Labute approximate surface area is 230 Å². The number of benzene rings is 3. The Morgan fingerprint density at radius 2 is 1.54 bits per heavy atom. The number of hydrogen-bond acceptors (Lipinski definition) is 5. The maximum Gasteiger partial charge on any atom is 0.282 e. The predicted octanol–water partition coefficient (Wildman–Crippen LogP) is 1.90. The lowest BCUT2D eigenvalue weighted by Crippen LogP contribution is -2.55. The van der Waals surface area contributed by atoms with Crippen molar-refractivity contribution in [2.24, 2.45) is 11.3 Å². The molecular weight excluding hydrogens is 528 g/mol. The van der Waals surface area contributed by atoms with Crippen molar-refractivity contribution in [1.82, 2.24) is 9.62 Å². The summed E-state index contributed by atoms with van der Waals surface area (Å²) in [6, 6.07) is 26.9. The minimum absolute atomic E-state index is 0.132. The van der Waals surface area contributed by atoms with Crippen LogP contribution in [0, 0.1) is 11.3 Å². The summed E-state index contributed by atoms with van der Waals surface area (Å²) >= 11 is 0. The van der Waals surface area contributed by atoms with Crippen LogP contribution in [-0.2, 0) is 24.0 Å². The molecule has 0 unspecified atom stereocenters. The van der Waals surface area contributed by atoms with Crippen molar-refractivity contribution in [3.63, 3.8) is 0 Å². The van der Waals surface area contributed by atoms with Gasteiger partial charge in [-0.1, -0.05) is 84.9 Å². The first kappa shape index (κ1) is 25.9. The number of carbonyl (C=O) groups is 2. The highest BCUT2D eigenvalue weighted by Gasteiger charge is 2.66. The monoisotopic (exact) mass is 557 g/mol. The number of amides is 1. The summed E-state index contributed by atoms with van der Waals surface area (Å²) in [5.41, 5.74) is -0.516. The first-order valence-electron chi connectivity index (χ1n) is 13.1. The number of sulfonamides is 1. The second-order valence-corrected chi connectivity index (χ2v) is 14.2. The average Bonchev–Trinajstić information content (AvgIpc) is 3.46. The normalized spacial score (nSPS) is 26.5. The van der Waals surface area contributed by atoms with Gasteiger partial charge in [0.15, 0.2) is 0 Å². The maximum absolute atomic E-state index is 14.2. The lowest BCUT2D eigenvalue weighted by molar-refractivity contribution is -0.136. The largest absolute Gasteiger partial charge is 0.406 e. The lowest BCUT2D eigenvalue weighted by atomic mass is 9.68. The van der Waals surface area contributed by atoms with Gasteiger partial charge in [0.1, 0.15) is 6.29 Å². The standard InChI is InChI=1S/C30H29N2O5SSi/c33-20-22-18-28-30(27(22)16-17-31-29(30)34)19-23(32(28)38(35,36)24-10-4-1-5-11-24)21-37-39(25-12-6-2-7-13-25)26-14-8-3-9-15-26/h1-15,18,20,23,27-28H,16-17,19,21H2,(H,31,34)/t23-,27-,28+,30+/m1/s1. The molecule has 6 rings (SSSR count). The topological polar surface area (TPSA) is 92.8 Å². The first-order valence-corrected chi connectivity index (χ1v) is 16.0. The van der Waals surface area contributed by atoms with Crippen LogP contribution in [0.4, 0.5) is 0 Å². The van der Waals surface area contributed by atoms with Gasteiger partial charge in [-0.2, -0.15) is 4.31 Å². The van der Waals surface area contributed by atoms with Crippen LogP contribution in [0.1, 0.15) is 12.8 Å². The molecule has 0 aromatic heterocycles. The molecule has 4 atom stereocenters. The zero-order chi connectivity index (χ0) is 27.0. The predicted molar refractivity (Wildman–Crippen MR) is 149 cm³/mol. The number of aldehydes is 1. The molecule has 1 radical (unpaired) electrons. The smallest absolute Gasteiger partial charge is 0.282 e. The molecule has 1 N–H and O–H groups in total. The van der Waals surface area contributed by atoms with Crippen molar-refractivity contribution in [3.05, 3.63) is 103 Å². The maximum atomic E-state index is 14.2. The molecule has 199 valence electrons. The van der Waals surface area contributed by atoms with Crippen LogP contribution < -0.4 is 15.7 Å². The van der Waals surface area contributed by atoms with Crippen LogP contribution in [0.2, 0.25) is 0 Å². The molecule has 3 aliphatic rings. The quantitative estimate of drug-likeness (QED) is 0.338. The Kier molecular flexibility index (Phi) is 6.84. The fourth-order valence-electron chi connectivity index (χ4n) is 6.53. The fraction of sp³-hybridized carbons (Fsp3) is 0.267. The molecule has 0 saturated carbocycles. The molecule has 2 aliphatic heterocycles. The van der Waals surface area contributed by atoms with Gasteiger partial charge in [-0.05, 0) is 40.9 Å². The summed E-state index contributed by atoms with van der Waals surface area (Å²) in [6.07, 6.45) is 3.38. The summed E-state index contributed by atoms with van der Waals surface area (Å²) in [6.45, 7) is 0.595. The van der Waals surface area contributed by atoms with Crippen LogP contribution >= 0.6 is 0 Å². The van der Waals surface area contributed by atoms with Crippen molar-refractivity contribution >= 4 is 41.6 Å². The number of carbonyl (C=O) groups excluding carboxylic acids is 2. The van der Waals surface area contributed by atoms with E-state index in [0.29, 0.717) is 18.5 Å². The highest BCUT2D eigenvalue weighted by atomic mass is 32.2. The van der Waals surface area contributed by atoms with Crippen molar-refractivity contribution in [2.75, 3.05) is 13.2 Å². The van der Waals surface area contributed by atoms with Crippen molar-refractivity contribution in [2.45, 2.75) is 29.8 Å². The Balaban J connectivity index is 1.41. The van der Waals surface area contributed by atoms with E-state index in [1.807, 2.05) is 60.7 Å². The van der Waals surface area contributed by atoms with Crippen LogP contribution in [-0.4, -0.2) is 59.2 Å². The number of hydrogen-bond donors (Lipinski definition) is 1. The molecule has 1 amide bonds. The van der Waals surface area contributed by atoms with Gasteiger partial charge in [0.05, 0.1) is 23.0 Å². The van der Waals surface area contributed by atoms with E-state index in [-0.39, 0.29) is 29.7 Å². The third kappa shape index (κ3) is 4.30. The van der Waals surface area contributed by atoms with Gasteiger partial charge in [0.25, 0.3) is 9.04 Å². The lowest BCUT2D eigenvalue weighted by Gasteiger charge is -2.39. The van der Waals surface area contributed by atoms with E-state index in [4.69, 9.17) is 4.43 Å². The SMILES string of the molecule is O=CC1=C[C@@H]2N(S(=O)(=O)c3ccccc3)[C@@H](CO[Si](c3ccccc3)c3ccccc3)C[C@@]23C(=O)NCC[C@H]13.